The number of hydrogen-bond acceptors (Lipinski definition) is 5. The molecule has 25 heavy (non-hydrogen) atoms. The Balaban J connectivity index is 1.70. The zero-order valence-corrected chi connectivity index (χ0v) is 14.4. The number of likely N-dealkylation sites (tertiary alicyclic amines) is 1. The molecule has 2 saturated heterocycles. The number of aromatic nitrogens is 2. The maximum Gasteiger partial charge on any atom is 0.410 e. The van der Waals surface area contributed by atoms with Crippen molar-refractivity contribution in [1.29, 1.82) is 0 Å². The van der Waals surface area contributed by atoms with Crippen molar-refractivity contribution in [3.63, 3.8) is 0 Å². The molecule has 1 atom stereocenters. The molecule has 2 aromatic rings. The molecule has 1 aromatic heterocycles. The number of nitrogens with two attached hydrogens (primary N) is 1. The fourth-order valence-corrected chi connectivity index (χ4v) is 4.00. The molecule has 4 rings (SSSR count). The van der Waals surface area contributed by atoms with Gasteiger partial charge in [0.1, 0.15) is 11.3 Å². The third-order valence-electron chi connectivity index (χ3n) is 5.25. The highest BCUT2D eigenvalue weighted by Gasteiger charge is 2.25. The van der Waals surface area contributed by atoms with E-state index in [-0.39, 0.29) is 0 Å². The Bertz CT molecular complexity index is 760. The van der Waals surface area contributed by atoms with E-state index < -0.39 is 6.09 Å². The molecular weight excluding hydrogens is 318 g/mol. The van der Waals surface area contributed by atoms with Crippen molar-refractivity contribution in [3.05, 3.63) is 24.0 Å². The average Bonchev–Trinajstić information content (AvgIpc) is 3.33. The predicted octanol–water partition coefficient (Wildman–Crippen LogP) is 1.67. The monoisotopic (exact) mass is 343 g/mol. The molecule has 7 nitrogen and oxygen atoms in total. The maximum atomic E-state index is 11.2. The van der Waals surface area contributed by atoms with Gasteiger partial charge >= 0.3 is 6.09 Å². The lowest BCUT2D eigenvalue weighted by molar-refractivity contribution is 0.211. The number of primary amides is 1. The summed E-state index contributed by atoms with van der Waals surface area (Å²) in [4.78, 5) is 18.6. The van der Waals surface area contributed by atoms with Crippen LogP contribution in [0.15, 0.2) is 18.2 Å². The Kier molecular flexibility index (Phi) is 4.59. The molecule has 3 N–H and O–H groups in total. The van der Waals surface area contributed by atoms with Gasteiger partial charge in [0.25, 0.3) is 0 Å². The first kappa shape index (κ1) is 16.4. The highest BCUT2D eigenvalue weighted by Crippen LogP contribution is 2.31. The second kappa shape index (κ2) is 7.01. The van der Waals surface area contributed by atoms with Crippen LogP contribution in [0, 0.1) is 0 Å². The van der Waals surface area contributed by atoms with Crippen molar-refractivity contribution in [3.8, 4) is 5.75 Å². The summed E-state index contributed by atoms with van der Waals surface area (Å²) >= 11 is 0. The molecule has 2 aliphatic heterocycles. The van der Waals surface area contributed by atoms with Gasteiger partial charge in [0.05, 0.1) is 5.52 Å². The standard InChI is InChI=1S/C18H25N5O2/c19-18(24)25-15-5-3-4-14-16(15)21-17(13-6-7-20-12-13)23(14)11-10-22-8-1-2-9-22/h3-5,13,20H,1-2,6-12H2,(H2,19,24). The summed E-state index contributed by atoms with van der Waals surface area (Å²) in [5, 5.41) is 3.42. The highest BCUT2D eigenvalue weighted by molar-refractivity contribution is 5.85. The van der Waals surface area contributed by atoms with Gasteiger partial charge in [0.2, 0.25) is 0 Å². The number of imidazole rings is 1. The molecule has 0 saturated carbocycles. The van der Waals surface area contributed by atoms with E-state index in [0.717, 1.165) is 49.5 Å². The van der Waals surface area contributed by atoms with Gasteiger partial charge in [0, 0.05) is 25.6 Å². The number of ether oxygens (including phenoxy) is 1. The number of fused-ring (bicyclic) bond motifs is 1. The molecule has 0 spiro atoms. The third-order valence-corrected chi connectivity index (χ3v) is 5.25. The Labute approximate surface area is 147 Å². The van der Waals surface area contributed by atoms with Gasteiger partial charge in [-0.15, -0.1) is 0 Å². The van der Waals surface area contributed by atoms with Gasteiger partial charge in [-0.05, 0) is 51.0 Å². The molecule has 0 radical (unpaired) electrons. The van der Waals surface area contributed by atoms with Gasteiger partial charge in [-0.2, -0.15) is 0 Å². The van der Waals surface area contributed by atoms with E-state index in [1.165, 1.54) is 25.9 Å². The van der Waals surface area contributed by atoms with Crippen molar-refractivity contribution in [2.24, 2.45) is 5.73 Å². The van der Waals surface area contributed by atoms with Crippen LogP contribution in [-0.4, -0.2) is 53.3 Å². The number of benzene rings is 1. The second-order valence-electron chi connectivity index (χ2n) is 6.91. The molecule has 1 amide bonds. The first-order chi connectivity index (χ1) is 12.2. The van der Waals surface area contributed by atoms with Gasteiger partial charge in [-0.1, -0.05) is 6.07 Å². The third kappa shape index (κ3) is 3.34. The van der Waals surface area contributed by atoms with Crippen molar-refractivity contribution in [1.82, 2.24) is 19.8 Å². The van der Waals surface area contributed by atoms with E-state index in [4.69, 9.17) is 15.5 Å². The van der Waals surface area contributed by atoms with Crippen LogP contribution < -0.4 is 15.8 Å². The Morgan fingerprint density at radius 3 is 2.88 bits per heavy atom. The molecule has 1 aromatic carbocycles. The van der Waals surface area contributed by atoms with Crippen LogP contribution in [0.25, 0.3) is 11.0 Å². The van der Waals surface area contributed by atoms with E-state index in [0.29, 0.717) is 11.7 Å². The fourth-order valence-electron chi connectivity index (χ4n) is 4.00. The minimum atomic E-state index is -0.803. The summed E-state index contributed by atoms with van der Waals surface area (Å²) in [5.41, 5.74) is 6.95. The number of carbonyl (C=O) groups is 1. The number of amides is 1. The smallest absolute Gasteiger partial charge is 0.408 e. The molecule has 134 valence electrons. The van der Waals surface area contributed by atoms with E-state index in [9.17, 15) is 4.79 Å². The molecule has 3 heterocycles. The van der Waals surface area contributed by atoms with Crippen LogP contribution in [0.2, 0.25) is 0 Å². The van der Waals surface area contributed by atoms with Gasteiger partial charge in [-0.3, -0.25) is 0 Å². The van der Waals surface area contributed by atoms with Crippen LogP contribution >= 0.6 is 0 Å². The van der Waals surface area contributed by atoms with Gasteiger partial charge < -0.3 is 25.3 Å². The predicted molar refractivity (Wildman–Crippen MR) is 95.8 cm³/mol. The number of para-hydroxylation sites is 1. The van der Waals surface area contributed by atoms with Crippen LogP contribution in [-0.2, 0) is 6.54 Å². The lowest BCUT2D eigenvalue weighted by atomic mass is 10.1. The number of hydrogen-bond donors (Lipinski definition) is 2. The van der Waals surface area contributed by atoms with E-state index in [1.807, 2.05) is 12.1 Å². The number of nitrogens with one attached hydrogen (secondary N) is 1. The van der Waals surface area contributed by atoms with E-state index in [2.05, 4.69) is 14.8 Å². The Hall–Kier alpha value is -2.12. The van der Waals surface area contributed by atoms with Crippen LogP contribution in [0.4, 0.5) is 4.79 Å². The van der Waals surface area contributed by atoms with Crippen molar-refractivity contribution in [2.75, 3.05) is 32.7 Å². The molecule has 2 aliphatic rings. The maximum absolute atomic E-state index is 11.2. The zero-order chi connectivity index (χ0) is 17.2. The largest absolute Gasteiger partial charge is 0.410 e. The van der Waals surface area contributed by atoms with Crippen molar-refractivity contribution < 1.29 is 9.53 Å². The number of rotatable bonds is 5. The SMILES string of the molecule is NC(=O)Oc1cccc2c1nc(C1CCNC1)n2CCN1CCCC1. The number of carbonyl (C=O) groups excluding carboxylic acids is 1. The molecule has 1 unspecified atom stereocenters. The normalized spacial score (nSPS) is 21.2. The molecule has 0 bridgehead atoms. The topological polar surface area (TPSA) is 85.4 Å². The van der Waals surface area contributed by atoms with Gasteiger partial charge in [-0.25, -0.2) is 9.78 Å². The summed E-state index contributed by atoms with van der Waals surface area (Å²) in [6.07, 6.45) is 2.86. The summed E-state index contributed by atoms with van der Waals surface area (Å²) in [5.74, 6) is 1.92. The Morgan fingerprint density at radius 1 is 1.32 bits per heavy atom. The molecule has 0 aliphatic carbocycles. The fraction of sp³-hybridized carbons (Fsp3) is 0.556. The minimum Gasteiger partial charge on any atom is -0.408 e. The Morgan fingerprint density at radius 2 is 2.16 bits per heavy atom. The number of nitrogens with zero attached hydrogens (tertiary/aromatic N) is 3. The summed E-state index contributed by atoms with van der Waals surface area (Å²) in [6.45, 7) is 6.26. The van der Waals surface area contributed by atoms with Crippen LogP contribution in [0.3, 0.4) is 0 Å². The molecular formula is C18H25N5O2. The highest BCUT2D eigenvalue weighted by atomic mass is 16.5. The summed E-state index contributed by atoms with van der Waals surface area (Å²) < 4.78 is 7.48. The lowest BCUT2D eigenvalue weighted by Crippen LogP contribution is -2.25. The van der Waals surface area contributed by atoms with Crippen molar-refractivity contribution in [2.45, 2.75) is 31.7 Å². The molecule has 2 fully saturated rings. The molecule has 7 heteroatoms. The minimum absolute atomic E-state index is 0.396. The van der Waals surface area contributed by atoms with Crippen LogP contribution in [0.1, 0.15) is 31.0 Å². The summed E-state index contributed by atoms with van der Waals surface area (Å²) in [7, 11) is 0. The summed E-state index contributed by atoms with van der Waals surface area (Å²) in [6, 6.07) is 5.69. The van der Waals surface area contributed by atoms with Crippen molar-refractivity contribution >= 4 is 17.1 Å². The quantitative estimate of drug-likeness (QED) is 0.862. The zero-order valence-electron chi connectivity index (χ0n) is 14.4. The first-order valence-electron chi connectivity index (χ1n) is 9.12. The second-order valence-corrected chi connectivity index (χ2v) is 6.91. The van der Waals surface area contributed by atoms with E-state index in [1.54, 1.807) is 6.07 Å². The van der Waals surface area contributed by atoms with Gasteiger partial charge in [0.15, 0.2) is 5.75 Å². The first-order valence-corrected chi connectivity index (χ1v) is 9.12. The average molecular weight is 343 g/mol. The lowest BCUT2D eigenvalue weighted by Gasteiger charge is -2.18. The van der Waals surface area contributed by atoms with Crippen LogP contribution in [0.5, 0.6) is 5.75 Å². The van der Waals surface area contributed by atoms with E-state index >= 15 is 0 Å².